The maximum absolute atomic E-state index is 4.60. The summed E-state index contributed by atoms with van der Waals surface area (Å²) in [6.07, 6.45) is 8.59. The van der Waals surface area contributed by atoms with Gasteiger partial charge in [-0.2, -0.15) is 0 Å². The summed E-state index contributed by atoms with van der Waals surface area (Å²) in [6, 6.07) is 79.7. The molecule has 0 amide bonds. The molecule has 1 aliphatic rings. The lowest BCUT2D eigenvalue weighted by molar-refractivity contribution is 1.09. The fraction of sp³-hybridized carbons (Fsp3) is 0.0159. The topological polar surface area (TPSA) is 8.17 Å². The molecule has 2 heteroatoms. The summed E-state index contributed by atoms with van der Waals surface area (Å²) in [4.78, 5) is 2.41. The summed E-state index contributed by atoms with van der Waals surface area (Å²) in [5.41, 5.74) is 17.6. The Labute approximate surface area is 379 Å². The molecule has 0 saturated carbocycles. The van der Waals surface area contributed by atoms with Crippen LogP contribution in [0.25, 0.3) is 99.1 Å². The maximum atomic E-state index is 4.60. The zero-order chi connectivity index (χ0) is 43.3. The van der Waals surface area contributed by atoms with Gasteiger partial charge in [0.05, 0.1) is 11.0 Å². The van der Waals surface area contributed by atoms with Crippen LogP contribution in [-0.2, 0) is 0 Å². The average molecular weight is 829 g/mol. The Bertz CT molecular complexity index is 3610. The van der Waals surface area contributed by atoms with E-state index in [-0.39, 0.29) is 0 Å². The molecule has 0 unspecified atom stereocenters. The molecule has 1 aliphatic heterocycles. The van der Waals surface area contributed by atoms with Gasteiger partial charge >= 0.3 is 0 Å². The molecule has 0 bridgehead atoms. The number of hydrogen-bond donors (Lipinski definition) is 0. The van der Waals surface area contributed by atoms with Gasteiger partial charge in [0.25, 0.3) is 0 Å². The van der Waals surface area contributed by atoms with Crippen LogP contribution in [0.4, 0.5) is 11.4 Å². The number of nitrogens with zero attached hydrogens (tertiary/aromatic N) is 2. The van der Waals surface area contributed by atoms with E-state index in [0.29, 0.717) is 0 Å². The van der Waals surface area contributed by atoms with Crippen molar-refractivity contribution in [3.05, 3.63) is 255 Å². The van der Waals surface area contributed by atoms with Crippen molar-refractivity contribution in [3.63, 3.8) is 0 Å². The fourth-order valence-corrected chi connectivity index (χ4v) is 10.1. The molecule has 0 spiro atoms. The molecular weight excluding hydrogens is 785 g/mol. The number of benzene rings is 10. The van der Waals surface area contributed by atoms with Crippen LogP contribution in [-0.4, -0.2) is 11.1 Å². The summed E-state index contributed by atoms with van der Waals surface area (Å²) >= 11 is 0. The smallest absolute Gasteiger partial charge is 0.0541 e. The standard InChI is InChI=1S/C63H44N2/c1-43-17-5-4-16-40-64(50-34-30-47(31-35-50)63-55-25-12-10-23-53(55)62(46-20-8-3-9-21-46)54-24-11-13-26-56(54)63)59-38-32-48(41-57(43)59)49-33-39-61-58(42-49)52-22-14-15-27-60(52)65(61)51-36-28-45(29-37-51)44-18-6-2-7-19-44/h2-39,41-42H,1,40H2/b16-4-,17-5-. The monoisotopic (exact) mass is 828 g/mol. The first-order valence-corrected chi connectivity index (χ1v) is 22.4. The molecule has 0 fully saturated rings. The minimum absolute atomic E-state index is 0.721. The first-order chi connectivity index (χ1) is 32.2. The molecule has 12 rings (SSSR count). The average Bonchev–Trinajstić information content (AvgIpc) is 3.74. The van der Waals surface area contributed by atoms with Crippen molar-refractivity contribution in [1.82, 2.24) is 4.57 Å². The van der Waals surface area contributed by atoms with Crippen molar-refractivity contribution in [1.29, 1.82) is 0 Å². The van der Waals surface area contributed by atoms with Gasteiger partial charge in [0, 0.05) is 39.9 Å². The quantitative estimate of drug-likeness (QED) is 0.152. The summed E-state index contributed by atoms with van der Waals surface area (Å²) < 4.78 is 2.39. The van der Waals surface area contributed by atoms with E-state index < -0.39 is 0 Å². The molecule has 11 aromatic rings. The fourth-order valence-electron chi connectivity index (χ4n) is 10.1. The number of para-hydroxylation sites is 1. The highest BCUT2D eigenvalue weighted by molar-refractivity contribution is 6.21. The third-order valence-corrected chi connectivity index (χ3v) is 13.2. The number of allylic oxidation sites excluding steroid dienone is 4. The Kier molecular flexibility index (Phi) is 9.43. The number of rotatable bonds is 6. The van der Waals surface area contributed by atoms with Crippen molar-refractivity contribution >= 4 is 60.3 Å². The van der Waals surface area contributed by atoms with E-state index in [2.05, 4.69) is 259 Å². The third kappa shape index (κ3) is 6.67. The largest absolute Gasteiger partial charge is 0.337 e. The molecule has 0 N–H and O–H groups in total. The lowest BCUT2D eigenvalue weighted by Gasteiger charge is -2.27. The summed E-state index contributed by atoms with van der Waals surface area (Å²) in [6.45, 7) is 5.33. The Morgan fingerprint density at radius 3 is 1.49 bits per heavy atom. The van der Waals surface area contributed by atoms with Crippen molar-refractivity contribution in [2.75, 3.05) is 11.4 Å². The highest BCUT2D eigenvalue weighted by Crippen LogP contribution is 2.45. The highest BCUT2D eigenvalue weighted by atomic mass is 15.1. The minimum Gasteiger partial charge on any atom is -0.337 e. The van der Waals surface area contributed by atoms with Crippen LogP contribution < -0.4 is 4.90 Å². The van der Waals surface area contributed by atoms with Crippen LogP contribution >= 0.6 is 0 Å². The summed E-state index contributed by atoms with van der Waals surface area (Å²) in [5, 5.41) is 7.49. The molecular formula is C63H44N2. The van der Waals surface area contributed by atoms with Gasteiger partial charge in [-0.25, -0.2) is 0 Å². The molecule has 2 nitrogen and oxygen atoms in total. The zero-order valence-corrected chi connectivity index (χ0v) is 35.9. The van der Waals surface area contributed by atoms with Crippen LogP contribution in [0.3, 0.4) is 0 Å². The van der Waals surface area contributed by atoms with E-state index in [1.807, 2.05) is 0 Å². The lowest BCUT2D eigenvalue weighted by Crippen LogP contribution is -2.18. The SMILES string of the molecule is C=C1/C=C\C=C/CN(c2ccc(-c3c4ccccc4c(-c4ccccc4)c4ccccc34)cc2)c2ccc(-c3ccc4c(c3)c3ccccc3n4-c3ccc(-c4ccccc4)cc3)cc21. The van der Waals surface area contributed by atoms with Gasteiger partial charge in [0.1, 0.15) is 0 Å². The molecule has 65 heavy (non-hydrogen) atoms. The van der Waals surface area contributed by atoms with Gasteiger partial charge in [-0.1, -0.05) is 195 Å². The minimum atomic E-state index is 0.721. The van der Waals surface area contributed by atoms with E-state index >= 15 is 0 Å². The second-order valence-corrected chi connectivity index (χ2v) is 16.9. The normalized spacial score (nSPS) is 13.7. The van der Waals surface area contributed by atoms with Crippen molar-refractivity contribution in [3.8, 4) is 50.2 Å². The molecule has 10 aromatic carbocycles. The Balaban J connectivity index is 0.927. The van der Waals surface area contributed by atoms with Gasteiger partial charge in [0.15, 0.2) is 0 Å². The first kappa shape index (κ1) is 38.2. The number of anilines is 2. The van der Waals surface area contributed by atoms with Crippen LogP contribution in [0, 0.1) is 0 Å². The Morgan fingerprint density at radius 2 is 0.831 bits per heavy atom. The van der Waals surface area contributed by atoms with Crippen molar-refractivity contribution in [2.45, 2.75) is 0 Å². The Morgan fingerprint density at radius 1 is 0.354 bits per heavy atom. The molecule has 1 aromatic heterocycles. The number of hydrogen-bond acceptors (Lipinski definition) is 1. The summed E-state index contributed by atoms with van der Waals surface area (Å²) in [7, 11) is 0. The van der Waals surface area contributed by atoms with Crippen LogP contribution in [0.2, 0.25) is 0 Å². The lowest BCUT2D eigenvalue weighted by atomic mass is 9.86. The second-order valence-electron chi connectivity index (χ2n) is 16.9. The van der Waals surface area contributed by atoms with E-state index in [0.717, 1.165) is 40.3 Å². The number of fused-ring (bicyclic) bond motifs is 6. The predicted octanol–water partition coefficient (Wildman–Crippen LogP) is 17.0. The van der Waals surface area contributed by atoms with Gasteiger partial charge < -0.3 is 9.47 Å². The highest BCUT2D eigenvalue weighted by Gasteiger charge is 2.20. The van der Waals surface area contributed by atoms with E-state index in [1.165, 1.54) is 82.3 Å². The van der Waals surface area contributed by atoms with Crippen LogP contribution in [0.15, 0.2) is 249 Å². The maximum Gasteiger partial charge on any atom is 0.0541 e. The molecule has 0 saturated heterocycles. The summed E-state index contributed by atoms with van der Waals surface area (Å²) in [5.74, 6) is 0. The van der Waals surface area contributed by atoms with Crippen LogP contribution in [0.5, 0.6) is 0 Å². The van der Waals surface area contributed by atoms with Crippen molar-refractivity contribution in [2.24, 2.45) is 0 Å². The molecule has 0 atom stereocenters. The van der Waals surface area contributed by atoms with Gasteiger partial charge in [0.2, 0.25) is 0 Å². The molecule has 2 heterocycles. The molecule has 0 radical (unpaired) electrons. The molecule has 0 aliphatic carbocycles. The van der Waals surface area contributed by atoms with E-state index in [1.54, 1.807) is 0 Å². The van der Waals surface area contributed by atoms with Crippen LogP contribution in [0.1, 0.15) is 5.56 Å². The zero-order valence-electron chi connectivity index (χ0n) is 35.9. The second kappa shape index (κ2) is 16.0. The predicted molar refractivity (Wildman–Crippen MR) is 278 cm³/mol. The van der Waals surface area contributed by atoms with Gasteiger partial charge in [-0.3, -0.25) is 0 Å². The third-order valence-electron chi connectivity index (χ3n) is 13.2. The first-order valence-electron chi connectivity index (χ1n) is 22.4. The molecule has 306 valence electrons. The van der Waals surface area contributed by atoms with E-state index in [4.69, 9.17) is 0 Å². The van der Waals surface area contributed by atoms with E-state index in [9.17, 15) is 0 Å². The Hall–Kier alpha value is -8.46. The van der Waals surface area contributed by atoms with Crippen molar-refractivity contribution < 1.29 is 0 Å². The van der Waals surface area contributed by atoms with Gasteiger partial charge in [-0.05, 0) is 126 Å². The number of aromatic nitrogens is 1. The van der Waals surface area contributed by atoms with Gasteiger partial charge in [-0.15, -0.1) is 0 Å².